The third kappa shape index (κ3) is 8.15. The Hall–Kier alpha value is -1.62. The Bertz CT molecular complexity index is 374. The summed E-state index contributed by atoms with van der Waals surface area (Å²) in [6, 6.07) is 3.96. The summed E-state index contributed by atoms with van der Waals surface area (Å²) in [6.07, 6.45) is 4.06. The van der Waals surface area contributed by atoms with Crippen LogP contribution in [0.1, 0.15) is 32.8 Å². The van der Waals surface area contributed by atoms with Gasteiger partial charge in [0.25, 0.3) is 0 Å². The fraction of sp³-hybridized carbons (Fsp3) is 0.571. The van der Waals surface area contributed by atoms with Gasteiger partial charge in [0.15, 0.2) is 0 Å². The van der Waals surface area contributed by atoms with E-state index in [1.807, 2.05) is 32.9 Å². The maximum Gasteiger partial charge on any atom is 0.407 e. The van der Waals surface area contributed by atoms with Crippen molar-refractivity contribution in [3.05, 3.63) is 30.1 Å². The molecule has 0 spiro atoms. The lowest BCUT2D eigenvalue weighted by Gasteiger charge is -2.19. The maximum absolute atomic E-state index is 11.4. The third-order valence-corrected chi connectivity index (χ3v) is 2.28. The lowest BCUT2D eigenvalue weighted by atomic mass is 10.2. The molecule has 0 aliphatic carbocycles. The van der Waals surface area contributed by atoms with Crippen molar-refractivity contribution in [2.24, 2.45) is 0 Å². The van der Waals surface area contributed by atoms with E-state index in [4.69, 9.17) is 4.74 Å². The molecule has 1 rings (SSSR count). The molecular formula is C14H23N3O2. The molecule has 0 saturated heterocycles. The Morgan fingerprint density at radius 1 is 1.26 bits per heavy atom. The van der Waals surface area contributed by atoms with Crippen molar-refractivity contribution in [3.8, 4) is 0 Å². The van der Waals surface area contributed by atoms with Crippen molar-refractivity contribution in [1.29, 1.82) is 0 Å². The van der Waals surface area contributed by atoms with Gasteiger partial charge in [0, 0.05) is 25.5 Å². The molecule has 2 N–H and O–H groups in total. The first-order valence-corrected chi connectivity index (χ1v) is 6.54. The van der Waals surface area contributed by atoms with Gasteiger partial charge in [0.2, 0.25) is 0 Å². The number of hydrogen-bond acceptors (Lipinski definition) is 4. The van der Waals surface area contributed by atoms with Crippen LogP contribution in [0.2, 0.25) is 0 Å². The van der Waals surface area contributed by atoms with Crippen LogP contribution in [0.5, 0.6) is 0 Å². The van der Waals surface area contributed by atoms with Gasteiger partial charge in [0.05, 0.1) is 0 Å². The zero-order valence-electron chi connectivity index (χ0n) is 11.9. The number of nitrogens with zero attached hydrogens (tertiary/aromatic N) is 1. The molecule has 106 valence electrons. The number of aromatic nitrogens is 1. The summed E-state index contributed by atoms with van der Waals surface area (Å²) < 4.78 is 5.14. The van der Waals surface area contributed by atoms with E-state index in [9.17, 15) is 4.79 Å². The zero-order chi connectivity index (χ0) is 14.1. The normalized spacial score (nSPS) is 11.1. The molecule has 1 amide bonds. The van der Waals surface area contributed by atoms with Gasteiger partial charge in [-0.3, -0.25) is 4.98 Å². The van der Waals surface area contributed by atoms with E-state index < -0.39 is 5.60 Å². The largest absolute Gasteiger partial charge is 0.444 e. The van der Waals surface area contributed by atoms with E-state index in [0.717, 1.165) is 19.5 Å². The van der Waals surface area contributed by atoms with Crippen LogP contribution in [0.15, 0.2) is 24.5 Å². The molecule has 1 heterocycles. The highest BCUT2D eigenvalue weighted by Gasteiger charge is 2.15. The minimum atomic E-state index is -0.441. The second-order valence-electron chi connectivity index (χ2n) is 5.31. The molecule has 5 nitrogen and oxygen atoms in total. The van der Waals surface area contributed by atoms with Gasteiger partial charge in [0.1, 0.15) is 5.60 Å². The first kappa shape index (κ1) is 15.4. The minimum absolute atomic E-state index is 0.360. The van der Waals surface area contributed by atoms with E-state index in [1.54, 1.807) is 12.4 Å². The molecule has 0 radical (unpaired) electrons. The fourth-order valence-electron chi connectivity index (χ4n) is 1.45. The number of hydrogen-bond donors (Lipinski definition) is 2. The predicted molar refractivity (Wildman–Crippen MR) is 74.8 cm³/mol. The number of carbonyl (C=O) groups excluding carboxylic acids is 1. The highest BCUT2D eigenvalue weighted by Crippen LogP contribution is 2.06. The Kier molecular flexibility index (Phi) is 6.29. The zero-order valence-corrected chi connectivity index (χ0v) is 11.9. The molecule has 1 aromatic rings. The topological polar surface area (TPSA) is 63.2 Å². The number of amides is 1. The molecular weight excluding hydrogens is 242 g/mol. The van der Waals surface area contributed by atoms with Crippen LogP contribution < -0.4 is 10.6 Å². The Balaban J connectivity index is 2.01. The number of alkyl carbamates (subject to hydrolysis) is 1. The lowest BCUT2D eigenvalue weighted by Crippen LogP contribution is -2.33. The van der Waals surface area contributed by atoms with E-state index >= 15 is 0 Å². The van der Waals surface area contributed by atoms with E-state index in [0.29, 0.717) is 6.54 Å². The van der Waals surface area contributed by atoms with Crippen molar-refractivity contribution in [2.45, 2.75) is 39.3 Å². The van der Waals surface area contributed by atoms with Crippen LogP contribution in [0, 0.1) is 0 Å². The van der Waals surface area contributed by atoms with Gasteiger partial charge in [-0.25, -0.2) is 4.79 Å². The Morgan fingerprint density at radius 2 is 1.95 bits per heavy atom. The summed E-state index contributed by atoms with van der Waals surface area (Å²) in [5, 5.41) is 6.03. The highest BCUT2D eigenvalue weighted by atomic mass is 16.6. The van der Waals surface area contributed by atoms with Crippen molar-refractivity contribution in [3.63, 3.8) is 0 Å². The number of nitrogens with one attached hydrogen (secondary N) is 2. The SMILES string of the molecule is CC(C)(C)OC(=O)NCCCNCc1ccncc1. The summed E-state index contributed by atoms with van der Waals surface area (Å²) in [7, 11) is 0. The summed E-state index contributed by atoms with van der Waals surface area (Å²) in [5.41, 5.74) is 0.763. The lowest BCUT2D eigenvalue weighted by molar-refractivity contribution is 0.0527. The molecule has 19 heavy (non-hydrogen) atoms. The highest BCUT2D eigenvalue weighted by molar-refractivity contribution is 5.67. The quantitative estimate of drug-likeness (QED) is 0.773. The van der Waals surface area contributed by atoms with E-state index in [-0.39, 0.29) is 6.09 Å². The van der Waals surface area contributed by atoms with Crippen LogP contribution in [0.25, 0.3) is 0 Å². The van der Waals surface area contributed by atoms with Crippen LogP contribution in [-0.2, 0) is 11.3 Å². The average molecular weight is 265 g/mol. The molecule has 0 aromatic carbocycles. The van der Waals surface area contributed by atoms with Gasteiger partial charge >= 0.3 is 6.09 Å². The molecule has 0 saturated carbocycles. The van der Waals surface area contributed by atoms with Crippen molar-refractivity contribution < 1.29 is 9.53 Å². The van der Waals surface area contributed by atoms with Crippen LogP contribution in [-0.4, -0.2) is 29.8 Å². The van der Waals surface area contributed by atoms with Crippen LogP contribution >= 0.6 is 0 Å². The minimum Gasteiger partial charge on any atom is -0.444 e. The summed E-state index contributed by atoms with van der Waals surface area (Å²) in [6.45, 7) is 7.82. The van der Waals surface area contributed by atoms with Gasteiger partial charge in [-0.05, 0) is 51.4 Å². The van der Waals surface area contributed by atoms with Gasteiger partial charge in [-0.1, -0.05) is 0 Å². The predicted octanol–water partition coefficient (Wildman–Crippen LogP) is 2.09. The monoisotopic (exact) mass is 265 g/mol. The number of rotatable bonds is 6. The number of pyridine rings is 1. The smallest absolute Gasteiger partial charge is 0.407 e. The molecule has 0 fully saturated rings. The van der Waals surface area contributed by atoms with Gasteiger partial charge in [-0.2, -0.15) is 0 Å². The number of ether oxygens (including phenoxy) is 1. The third-order valence-electron chi connectivity index (χ3n) is 2.28. The molecule has 0 unspecified atom stereocenters. The standard InChI is InChI=1S/C14H23N3O2/c1-14(2,3)19-13(18)17-8-4-7-16-11-12-5-9-15-10-6-12/h5-6,9-10,16H,4,7-8,11H2,1-3H3,(H,17,18). The van der Waals surface area contributed by atoms with E-state index in [1.165, 1.54) is 5.56 Å². The first-order chi connectivity index (χ1) is 8.97. The van der Waals surface area contributed by atoms with Crippen LogP contribution in [0.3, 0.4) is 0 Å². The number of carbonyl (C=O) groups is 1. The second-order valence-corrected chi connectivity index (χ2v) is 5.31. The summed E-state index contributed by atoms with van der Waals surface area (Å²) in [4.78, 5) is 15.3. The molecule has 0 bridgehead atoms. The van der Waals surface area contributed by atoms with Crippen molar-refractivity contribution >= 4 is 6.09 Å². The fourth-order valence-corrected chi connectivity index (χ4v) is 1.45. The average Bonchev–Trinajstić information content (AvgIpc) is 2.32. The molecule has 0 aliphatic heterocycles. The second kappa shape index (κ2) is 7.74. The van der Waals surface area contributed by atoms with Crippen molar-refractivity contribution in [1.82, 2.24) is 15.6 Å². The van der Waals surface area contributed by atoms with Crippen LogP contribution in [0.4, 0.5) is 4.79 Å². The molecule has 0 aliphatic rings. The first-order valence-electron chi connectivity index (χ1n) is 6.54. The summed E-state index contributed by atoms with van der Waals surface area (Å²) in [5.74, 6) is 0. The Morgan fingerprint density at radius 3 is 2.58 bits per heavy atom. The summed E-state index contributed by atoms with van der Waals surface area (Å²) >= 11 is 0. The van der Waals surface area contributed by atoms with Gasteiger partial charge in [-0.15, -0.1) is 0 Å². The molecule has 5 heteroatoms. The van der Waals surface area contributed by atoms with Crippen molar-refractivity contribution in [2.75, 3.05) is 13.1 Å². The molecule has 0 atom stereocenters. The van der Waals surface area contributed by atoms with Gasteiger partial charge < -0.3 is 15.4 Å². The Labute approximate surface area is 114 Å². The van der Waals surface area contributed by atoms with E-state index in [2.05, 4.69) is 15.6 Å². The molecule has 1 aromatic heterocycles. The maximum atomic E-state index is 11.4.